The van der Waals surface area contributed by atoms with E-state index >= 15 is 0 Å². The van der Waals surface area contributed by atoms with Crippen LogP contribution in [0.2, 0.25) is 0 Å². The van der Waals surface area contributed by atoms with Gasteiger partial charge in [-0.3, -0.25) is 10.3 Å². The fourth-order valence-electron chi connectivity index (χ4n) is 1.28. The lowest BCUT2D eigenvalue weighted by Crippen LogP contribution is -2.27. The number of thioether (sulfide) groups is 1. The number of amidine groups is 1. The predicted octanol–water partition coefficient (Wildman–Crippen LogP) is 2.67. The third-order valence-corrected chi connectivity index (χ3v) is 3.09. The lowest BCUT2D eigenvalue weighted by atomic mass is 10.4. The molecule has 0 aromatic carbocycles. The van der Waals surface area contributed by atoms with E-state index in [2.05, 4.69) is 25.3 Å². The summed E-state index contributed by atoms with van der Waals surface area (Å²) in [5, 5.41) is 1.02. The molecule has 0 aliphatic rings. The van der Waals surface area contributed by atoms with Gasteiger partial charge in [-0.2, -0.15) is 0 Å². The number of hydrogen-bond acceptors (Lipinski definition) is 1. The van der Waals surface area contributed by atoms with Crippen molar-refractivity contribution in [3.63, 3.8) is 0 Å². The largest absolute Gasteiger partial charge is 0.304 e. The average molecular weight is 217 g/mol. The Morgan fingerprint density at radius 2 is 1.64 bits per heavy atom. The van der Waals surface area contributed by atoms with Gasteiger partial charge in [0.25, 0.3) is 0 Å². The second-order valence-electron chi connectivity index (χ2n) is 3.53. The monoisotopic (exact) mass is 217 g/mol. The van der Waals surface area contributed by atoms with Crippen LogP contribution in [0.5, 0.6) is 0 Å². The van der Waals surface area contributed by atoms with Gasteiger partial charge in [-0.25, -0.2) is 0 Å². The number of rotatable bonds is 7. The van der Waals surface area contributed by atoms with Gasteiger partial charge in [-0.05, 0) is 31.0 Å². The van der Waals surface area contributed by atoms with Crippen molar-refractivity contribution in [2.75, 3.05) is 18.8 Å². The van der Waals surface area contributed by atoms with Crippen LogP contribution < -0.4 is 5.73 Å². The van der Waals surface area contributed by atoms with E-state index in [0.717, 1.165) is 24.0 Å². The summed E-state index contributed by atoms with van der Waals surface area (Å²) in [5.41, 5.74) is 6.04. The van der Waals surface area contributed by atoms with E-state index in [0.29, 0.717) is 0 Å². The molecule has 0 fully saturated rings. The van der Waals surface area contributed by atoms with Gasteiger partial charge in [0.15, 0.2) is 0 Å². The molecule has 0 bridgehead atoms. The minimum absolute atomic E-state index is 1.02. The second-order valence-corrected chi connectivity index (χ2v) is 4.64. The molecule has 0 aliphatic heterocycles. The van der Waals surface area contributed by atoms with Crippen molar-refractivity contribution in [3.8, 4) is 0 Å². The summed E-state index contributed by atoms with van der Waals surface area (Å²) in [6.45, 7) is 8.81. The van der Waals surface area contributed by atoms with Crippen LogP contribution >= 0.6 is 11.8 Å². The molecule has 0 amide bonds. The molecular formula is C11H25N2S+. The van der Waals surface area contributed by atoms with E-state index in [9.17, 15) is 0 Å². The zero-order valence-electron chi connectivity index (χ0n) is 9.88. The summed E-state index contributed by atoms with van der Waals surface area (Å²) in [6, 6.07) is 0. The van der Waals surface area contributed by atoms with Crippen molar-refractivity contribution in [2.24, 2.45) is 5.73 Å². The summed E-state index contributed by atoms with van der Waals surface area (Å²) < 4.78 is 2.31. The molecule has 2 nitrogen and oxygen atoms in total. The molecule has 0 aliphatic carbocycles. The van der Waals surface area contributed by atoms with Crippen LogP contribution in [0, 0.1) is 0 Å². The van der Waals surface area contributed by atoms with E-state index < -0.39 is 0 Å². The Morgan fingerprint density at radius 3 is 2.07 bits per heavy atom. The van der Waals surface area contributed by atoms with Crippen molar-refractivity contribution in [2.45, 2.75) is 46.5 Å². The quantitative estimate of drug-likeness (QED) is 0.307. The minimum atomic E-state index is 1.02. The minimum Gasteiger partial charge on any atom is -0.281 e. The molecule has 0 saturated heterocycles. The van der Waals surface area contributed by atoms with Crippen LogP contribution in [0.1, 0.15) is 46.5 Å². The molecule has 14 heavy (non-hydrogen) atoms. The summed E-state index contributed by atoms with van der Waals surface area (Å²) >= 11 is 1.81. The van der Waals surface area contributed by atoms with Crippen molar-refractivity contribution in [1.82, 2.24) is 0 Å². The normalized spacial score (nSPS) is 10.2. The predicted molar refractivity (Wildman–Crippen MR) is 67.1 cm³/mol. The molecule has 3 heteroatoms. The van der Waals surface area contributed by atoms with E-state index in [-0.39, 0.29) is 0 Å². The maximum Gasteiger partial charge on any atom is 0.304 e. The van der Waals surface area contributed by atoms with Gasteiger partial charge in [0, 0.05) is 5.75 Å². The van der Waals surface area contributed by atoms with Crippen LogP contribution in [0.15, 0.2) is 0 Å². The third-order valence-electron chi connectivity index (χ3n) is 2.05. The van der Waals surface area contributed by atoms with E-state index in [1.807, 2.05) is 11.8 Å². The number of nitrogens with two attached hydrogens (primary N) is 1. The molecule has 0 spiro atoms. The highest BCUT2D eigenvalue weighted by atomic mass is 32.2. The van der Waals surface area contributed by atoms with Crippen molar-refractivity contribution in [3.05, 3.63) is 0 Å². The molecule has 0 atom stereocenters. The summed E-state index contributed by atoms with van der Waals surface area (Å²) in [6.07, 6.45) is 4.86. The lowest BCUT2D eigenvalue weighted by molar-refractivity contribution is -0.526. The Morgan fingerprint density at radius 1 is 1.07 bits per heavy atom. The highest BCUT2D eigenvalue weighted by Gasteiger charge is 2.07. The van der Waals surface area contributed by atoms with Gasteiger partial charge in [0.1, 0.15) is 0 Å². The fourth-order valence-corrected chi connectivity index (χ4v) is 2.29. The maximum absolute atomic E-state index is 6.04. The molecule has 2 N–H and O–H groups in total. The maximum atomic E-state index is 6.04. The Labute approximate surface area is 93.0 Å². The number of hydrogen-bond donors (Lipinski definition) is 1. The number of unbranched alkanes of at least 4 members (excludes halogenated alkanes) is 1. The fraction of sp³-hybridized carbons (Fsp3) is 0.909. The summed E-state index contributed by atoms with van der Waals surface area (Å²) in [7, 11) is 0. The first-order valence-electron chi connectivity index (χ1n) is 5.76. The Hall–Kier alpha value is -0.180. The standard InChI is InChI=1S/C11H24N2S/c1-4-7-10-14-11(12)13(8-5-2)9-6-3/h12H,4-10H2,1-3H3/p+1. The van der Waals surface area contributed by atoms with Crippen molar-refractivity contribution < 1.29 is 4.58 Å². The first-order valence-corrected chi connectivity index (χ1v) is 6.74. The zero-order chi connectivity index (χ0) is 10.8. The highest BCUT2D eigenvalue weighted by molar-refractivity contribution is 8.13. The lowest BCUT2D eigenvalue weighted by Gasteiger charge is -2.07. The Kier molecular flexibility index (Phi) is 9.26. The van der Waals surface area contributed by atoms with E-state index in [1.165, 1.54) is 25.7 Å². The molecule has 0 saturated carbocycles. The summed E-state index contributed by atoms with van der Waals surface area (Å²) in [5.74, 6) is 1.16. The van der Waals surface area contributed by atoms with E-state index in [4.69, 9.17) is 5.73 Å². The Bertz CT molecular complexity index is 159. The third kappa shape index (κ3) is 6.30. The average Bonchev–Trinajstić information content (AvgIpc) is 2.18. The first-order chi connectivity index (χ1) is 6.76. The SMILES string of the molecule is CCCCSC(N)=[N+](CCC)CCC. The topological polar surface area (TPSA) is 29.0 Å². The molecule has 0 aromatic heterocycles. The molecule has 0 rings (SSSR count). The zero-order valence-corrected chi connectivity index (χ0v) is 10.7. The van der Waals surface area contributed by atoms with Crippen LogP contribution in [-0.2, 0) is 0 Å². The van der Waals surface area contributed by atoms with Crippen LogP contribution in [0.3, 0.4) is 0 Å². The van der Waals surface area contributed by atoms with Gasteiger partial charge < -0.3 is 0 Å². The van der Waals surface area contributed by atoms with Gasteiger partial charge in [0.2, 0.25) is 0 Å². The highest BCUT2D eigenvalue weighted by Crippen LogP contribution is 2.04. The molecule has 0 heterocycles. The molecule has 0 unspecified atom stereocenters. The van der Waals surface area contributed by atoms with Crippen LogP contribution in [0.25, 0.3) is 0 Å². The summed E-state index contributed by atoms with van der Waals surface area (Å²) in [4.78, 5) is 0. The molecular weight excluding hydrogens is 192 g/mol. The molecule has 0 aromatic rings. The Balaban J connectivity index is 4.01. The van der Waals surface area contributed by atoms with Crippen LogP contribution in [0.4, 0.5) is 0 Å². The number of nitrogens with zero attached hydrogens (tertiary/aromatic N) is 1. The van der Waals surface area contributed by atoms with Crippen LogP contribution in [-0.4, -0.2) is 28.6 Å². The molecule has 0 radical (unpaired) electrons. The van der Waals surface area contributed by atoms with Gasteiger partial charge in [-0.15, -0.1) is 0 Å². The van der Waals surface area contributed by atoms with Gasteiger partial charge in [0.05, 0.1) is 13.1 Å². The molecule has 84 valence electrons. The van der Waals surface area contributed by atoms with Gasteiger partial charge in [-0.1, -0.05) is 27.2 Å². The van der Waals surface area contributed by atoms with E-state index in [1.54, 1.807) is 0 Å². The van der Waals surface area contributed by atoms with Crippen molar-refractivity contribution in [1.29, 1.82) is 0 Å². The van der Waals surface area contributed by atoms with Gasteiger partial charge >= 0.3 is 5.17 Å². The van der Waals surface area contributed by atoms with Crippen molar-refractivity contribution >= 4 is 16.9 Å². The smallest absolute Gasteiger partial charge is 0.281 e. The first kappa shape index (κ1) is 13.8. The second kappa shape index (κ2) is 9.38.